The normalized spacial score (nSPS) is 12.6. The summed E-state index contributed by atoms with van der Waals surface area (Å²) in [5.74, 6) is 0.119. The van der Waals surface area contributed by atoms with Crippen molar-refractivity contribution in [1.29, 1.82) is 0 Å². The van der Waals surface area contributed by atoms with Crippen LogP contribution in [0.3, 0.4) is 0 Å². The minimum Gasteiger partial charge on any atom is -0.396 e. The van der Waals surface area contributed by atoms with Crippen molar-refractivity contribution in [3.63, 3.8) is 0 Å². The fourth-order valence-corrected chi connectivity index (χ4v) is 2.20. The zero-order valence-electron chi connectivity index (χ0n) is 11.4. The predicted molar refractivity (Wildman–Crippen MR) is 84.0 cm³/mol. The number of rotatable bonds is 7. The Hall–Kier alpha value is -1.03. The molecule has 1 unspecified atom stereocenters. The SMILES string of the molecule is CC(CO)CCCNC(=O)/C=C/c1cc(Cl)cc(Cl)c1. The zero-order chi connectivity index (χ0) is 15.0. The number of benzene rings is 1. The maximum atomic E-state index is 11.6. The minimum absolute atomic E-state index is 0.155. The molecular formula is C15H19Cl2NO2. The predicted octanol–water partition coefficient (Wildman–Crippen LogP) is 3.53. The van der Waals surface area contributed by atoms with Crippen LogP contribution in [0.25, 0.3) is 6.08 Å². The second-order valence-corrected chi connectivity index (χ2v) is 5.63. The Morgan fingerprint density at radius 3 is 2.60 bits per heavy atom. The first kappa shape index (κ1) is 17.0. The number of aliphatic hydroxyl groups is 1. The summed E-state index contributed by atoms with van der Waals surface area (Å²) in [6.07, 6.45) is 4.87. The summed E-state index contributed by atoms with van der Waals surface area (Å²) in [6, 6.07) is 5.11. The Labute approximate surface area is 129 Å². The van der Waals surface area contributed by atoms with Gasteiger partial charge in [-0.1, -0.05) is 30.1 Å². The molecule has 2 N–H and O–H groups in total. The van der Waals surface area contributed by atoms with Gasteiger partial charge in [-0.25, -0.2) is 0 Å². The molecule has 0 heterocycles. The second-order valence-electron chi connectivity index (χ2n) is 4.76. The first-order valence-electron chi connectivity index (χ1n) is 6.54. The van der Waals surface area contributed by atoms with Gasteiger partial charge in [-0.15, -0.1) is 0 Å². The fourth-order valence-electron chi connectivity index (χ4n) is 1.66. The molecule has 3 nitrogen and oxygen atoms in total. The molecule has 0 aliphatic rings. The molecule has 0 bridgehead atoms. The van der Waals surface area contributed by atoms with E-state index in [1.807, 2.05) is 6.92 Å². The third kappa shape index (κ3) is 6.94. The van der Waals surface area contributed by atoms with Crippen LogP contribution in [0.5, 0.6) is 0 Å². The molecule has 1 amide bonds. The number of nitrogens with one attached hydrogen (secondary N) is 1. The Kier molecular flexibility index (Phi) is 7.67. The summed E-state index contributed by atoms with van der Waals surface area (Å²) >= 11 is 11.7. The Balaban J connectivity index is 2.36. The summed E-state index contributed by atoms with van der Waals surface area (Å²) in [5, 5.41) is 12.7. The van der Waals surface area contributed by atoms with Gasteiger partial charge in [0.05, 0.1) is 0 Å². The van der Waals surface area contributed by atoms with Crippen molar-refractivity contribution >= 4 is 35.2 Å². The molecular weight excluding hydrogens is 297 g/mol. The van der Waals surface area contributed by atoms with Crippen molar-refractivity contribution in [2.75, 3.05) is 13.2 Å². The molecule has 0 aliphatic carbocycles. The summed E-state index contributed by atoms with van der Waals surface area (Å²) in [4.78, 5) is 11.6. The van der Waals surface area contributed by atoms with Gasteiger partial charge in [-0.2, -0.15) is 0 Å². The number of halogens is 2. The largest absolute Gasteiger partial charge is 0.396 e. The highest BCUT2D eigenvalue weighted by molar-refractivity contribution is 6.34. The highest BCUT2D eigenvalue weighted by Crippen LogP contribution is 2.19. The highest BCUT2D eigenvalue weighted by atomic mass is 35.5. The maximum absolute atomic E-state index is 11.6. The standard InChI is InChI=1S/C15H19Cl2NO2/c1-11(10-19)3-2-6-18-15(20)5-4-12-7-13(16)9-14(17)8-12/h4-5,7-9,11,19H,2-3,6,10H2,1H3,(H,18,20)/b5-4+. The monoisotopic (exact) mass is 315 g/mol. The first-order valence-corrected chi connectivity index (χ1v) is 7.29. The van der Waals surface area contributed by atoms with Gasteiger partial charge < -0.3 is 10.4 Å². The van der Waals surface area contributed by atoms with Crippen LogP contribution in [-0.2, 0) is 4.79 Å². The third-order valence-corrected chi connectivity index (χ3v) is 3.23. The molecule has 20 heavy (non-hydrogen) atoms. The van der Waals surface area contributed by atoms with Gasteiger partial charge in [-0.05, 0) is 48.6 Å². The summed E-state index contributed by atoms with van der Waals surface area (Å²) in [7, 11) is 0. The first-order chi connectivity index (χ1) is 9.51. The lowest BCUT2D eigenvalue weighted by Crippen LogP contribution is -2.22. The van der Waals surface area contributed by atoms with Crippen LogP contribution in [0, 0.1) is 5.92 Å². The molecule has 0 fully saturated rings. The fraction of sp³-hybridized carbons (Fsp3) is 0.400. The molecule has 0 aromatic heterocycles. The second kappa shape index (κ2) is 9.01. The smallest absolute Gasteiger partial charge is 0.243 e. The Morgan fingerprint density at radius 2 is 2.00 bits per heavy atom. The van der Waals surface area contributed by atoms with E-state index >= 15 is 0 Å². The number of amides is 1. The van der Waals surface area contributed by atoms with Crippen molar-refractivity contribution < 1.29 is 9.90 Å². The molecule has 0 radical (unpaired) electrons. The molecule has 1 aromatic carbocycles. The molecule has 110 valence electrons. The van der Waals surface area contributed by atoms with E-state index < -0.39 is 0 Å². The lowest BCUT2D eigenvalue weighted by atomic mass is 10.1. The number of aliphatic hydroxyl groups excluding tert-OH is 1. The molecule has 0 aliphatic heterocycles. The topological polar surface area (TPSA) is 49.3 Å². The van der Waals surface area contributed by atoms with Crippen LogP contribution >= 0.6 is 23.2 Å². The molecule has 1 rings (SSSR count). The number of hydrogen-bond donors (Lipinski definition) is 2. The van der Waals surface area contributed by atoms with Crippen molar-refractivity contribution in [1.82, 2.24) is 5.32 Å². The molecule has 0 saturated carbocycles. The number of carbonyl (C=O) groups is 1. The Bertz CT molecular complexity index is 455. The van der Waals surface area contributed by atoms with E-state index in [1.165, 1.54) is 6.08 Å². The van der Waals surface area contributed by atoms with E-state index in [2.05, 4.69) is 5.32 Å². The van der Waals surface area contributed by atoms with Crippen LogP contribution in [-0.4, -0.2) is 24.2 Å². The van der Waals surface area contributed by atoms with Crippen LogP contribution in [0.15, 0.2) is 24.3 Å². The van der Waals surface area contributed by atoms with Crippen molar-refractivity contribution in [3.05, 3.63) is 39.9 Å². The molecule has 1 aromatic rings. The summed E-state index contributed by atoms with van der Waals surface area (Å²) in [5.41, 5.74) is 0.784. The summed E-state index contributed by atoms with van der Waals surface area (Å²) < 4.78 is 0. The molecule has 1 atom stereocenters. The van der Waals surface area contributed by atoms with Gasteiger partial charge >= 0.3 is 0 Å². The number of carbonyl (C=O) groups excluding carboxylic acids is 1. The van der Waals surface area contributed by atoms with Crippen LogP contribution in [0.2, 0.25) is 10.0 Å². The number of hydrogen-bond acceptors (Lipinski definition) is 2. The average Bonchev–Trinajstić information content (AvgIpc) is 2.40. The van der Waals surface area contributed by atoms with Gasteiger partial charge in [0.2, 0.25) is 5.91 Å². The Morgan fingerprint density at radius 1 is 1.35 bits per heavy atom. The van der Waals surface area contributed by atoms with Gasteiger partial charge in [0, 0.05) is 29.3 Å². The third-order valence-electron chi connectivity index (χ3n) is 2.80. The average molecular weight is 316 g/mol. The molecule has 5 heteroatoms. The van der Waals surface area contributed by atoms with Crippen molar-refractivity contribution in [2.45, 2.75) is 19.8 Å². The zero-order valence-corrected chi connectivity index (χ0v) is 12.9. The van der Waals surface area contributed by atoms with E-state index in [9.17, 15) is 4.79 Å². The van der Waals surface area contributed by atoms with Crippen LogP contribution in [0.4, 0.5) is 0 Å². The van der Waals surface area contributed by atoms with Gasteiger partial charge in [0.1, 0.15) is 0 Å². The van der Waals surface area contributed by atoms with Gasteiger partial charge in [0.15, 0.2) is 0 Å². The van der Waals surface area contributed by atoms with Gasteiger partial charge in [-0.3, -0.25) is 4.79 Å². The van der Waals surface area contributed by atoms with Crippen molar-refractivity contribution in [2.24, 2.45) is 5.92 Å². The van der Waals surface area contributed by atoms with E-state index in [0.29, 0.717) is 16.6 Å². The van der Waals surface area contributed by atoms with Crippen LogP contribution in [0.1, 0.15) is 25.3 Å². The van der Waals surface area contributed by atoms with E-state index in [-0.39, 0.29) is 18.4 Å². The highest BCUT2D eigenvalue weighted by Gasteiger charge is 2.00. The molecule has 0 saturated heterocycles. The summed E-state index contributed by atoms with van der Waals surface area (Å²) in [6.45, 7) is 2.76. The van der Waals surface area contributed by atoms with Crippen LogP contribution < -0.4 is 5.32 Å². The lowest BCUT2D eigenvalue weighted by Gasteiger charge is -2.07. The molecule has 0 spiro atoms. The van der Waals surface area contributed by atoms with E-state index in [0.717, 1.165) is 18.4 Å². The quantitative estimate of drug-likeness (QED) is 0.597. The van der Waals surface area contributed by atoms with Crippen molar-refractivity contribution in [3.8, 4) is 0 Å². The van der Waals surface area contributed by atoms with Gasteiger partial charge in [0.25, 0.3) is 0 Å². The maximum Gasteiger partial charge on any atom is 0.243 e. The van der Waals surface area contributed by atoms with E-state index in [1.54, 1.807) is 24.3 Å². The lowest BCUT2D eigenvalue weighted by molar-refractivity contribution is -0.116. The minimum atomic E-state index is -0.155. The van der Waals surface area contributed by atoms with E-state index in [4.69, 9.17) is 28.3 Å².